The van der Waals surface area contributed by atoms with Gasteiger partial charge < -0.3 is 5.11 Å². The lowest BCUT2D eigenvalue weighted by molar-refractivity contribution is 0.0688. The average molecular weight is 218 g/mol. The number of aromatic nitrogens is 2. The maximum absolute atomic E-state index is 11.1. The molecule has 2 rings (SSSR count). The van der Waals surface area contributed by atoms with Crippen LogP contribution in [0, 0.1) is 6.92 Å². The van der Waals surface area contributed by atoms with Crippen LogP contribution in [0.2, 0.25) is 0 Å². The van der Waals surface area contributed by atoms with Gasteiger partial charge in [-0.25, -0.2) is 9.78 Å². The van der Waals surface area contributed by atoms with E-state index < -0.39 is 5.97 Å². The van der Waals surface area contributed by atoms with Gasteiger partial charge in [-0.2, -0.15) is 0 Å². The van der Waals surface area contributed by atoms with Crippen molar-refractivity contribution in [2.45, 2.75) is 26.7 Å². The standard InChI is InChI=1S/C12H14N2O2/c1-7(2)11-8(3)14-9(12(15)16)5-4-6-10(14)13-11/h4-7H,1-3H3,(H,15,16). The Morgan fingerprint density at radius 3 is 2.69 bits per heavy atom. The smallest absolute Gasteiger partial charge is 0.352 e. The molecule has 2 heterocycles. The predicted molar refractivity (Wildman–Crippen MR) is 61.0 cm³/mol. The molecule has 0 aliphatic heterocycles. The summed E-state index contributed by atoms with van der Waals surface area (Å²) in [6.07, 6.45) is 0. The van der Waals surface area contributed by atoms with Crippen molar-refractivity contribution >= 4 is 11.6 Å². The van der Waals surface area contributed by atoms with E-state index in [1.807, 2.05) is 13.0 Å². The number of imidazole rings is 1. The zero-order valence-electron chi connectivity index (χ0n) is 9.56. The van der Waals surface area contributed by atoms with Crippen molar-refractivity contribution in [3.8, 4) is 0 Å². The number of hydrogen-bond acceptors (Lipinski definition) is 2. The summed E-state index contributed by atoms with van der Waals surface area (Å²) in [7, 11) is 0. The monoisotopic (exact) mass is 218 g/mol. The Kier molecular flexibility index (Phi) is 2.42. The van der Waals surface area contributed by atoms with Crippen molar-refractivity contribution in [3.63, 3.8) is 0 Å². The molecular formula is C12H14N2O2. The van der Waals surface area contributed by atoms with E-state index in [0.29, 0.717) is 11.6 Å². The predicted octanol–water partition coefficient (Wildman–Crippen LogP) is 2.46. The third kappa shape index (κ3) is 1.46. The molecule has 4 nitrogen and oxygen atoms in total. The van der Waals surface area contributed by atoms with Gasteiger partial charge in [-0.1, -0.05) is 19.9 Å². The van der Waals surface area contributed by atoms with Gasteiger partial charge in [-0.05, 0) is 25.0 Å². The minimum Gasteiger partial charge on any atom is -0.477 e. The molecule has 0 fully saturated rings. The summed E-state index contributed by atoms with van der Waals surface area (Å²) in [6, 6.07) is 5.13. The van der Waals surface area contributed by atoms with Crippen molar-refractivity contribution in [2.24, 2.45) is 0 Å². The summed E-state index contributed by atoms with van der Waals surface area (Å²) in [5.41, 5.74) is 2.81. The highest BCUT2D eigenvalue weighted by Gasteiger charge is 2.16. The molecule has 0 aliphatic rings. The van der Waals surface area contributed by atoms with E-state index in [0.717, 1.165) is 11.4 Å². The Morgan fingerprint density at radius 2 is 2.12 bits per heavy atom. The zero-order chi connectivity index (χ0) is 11.9. The number of aromatic carboxylic acids is 1. The highest BCUT2D eigenvalue weighted by molar-refractivity contribution is 5.86. The molecule has 84 valence electrons. The van der Waals surface area contributed by atoms with E-state index >= 15 is 0 Å². The molecule has 0 saturated carbocycles. The van der Waals surface area contributed by atoms with Crippen LogP contribution in [-0.4, -0.2) is 20.5 Å². The van der Waals surface area contributed by atoms with Gasteiger partial charge in [0.25, 0.3) is 0 Å². The van der Waals surface area contributed by atoms with E-state index in [4.69, 9.17) is 5.11 Å². The molecule has 16 heavy (non-hydrogen) atoms. The van der Waals surface area contributed by atoms with Crippen molar-refractivity contribution in [3.05, 3.63) is 35.3 Å². The number of carboxylic acid groups (broad SMARTS) is 1. The van der Waals surface area contributed by atoms with E-state index in [1.54, 1.807) is 16.5 Å². The molecule has 2 aromatic heterocycles. The van der Waals surface area contributed by atoms with Crippen LogP contribution in [0.5, 0.6) is 0 Å². The highest BCUT2D eigenvalue weighted by atomic mass is 16.4. The van der Waals surface area contributed by atoms with Gasteiger partial charge in [0.2, 0.25) is 0 Å². The summed E-state index contributed by atoms with van der Waals surface area (Å²) in [6.45, 7) is 6.01. The number of nitrogens with zero attached hydrogens (tertiary/aromatic N) is 2. The molecule has 0 saturated heterocycles. The summed E-state index contributed by atoms with van der Waals surface area (Å²) < 4.78 is 1.69. The van der Waals surface area contributed by atoms with Gasteiger partial charge in [0.1, 0.15) is 11.3 Å². The topological polar surface area (TPSA) is 54.6 Å². The lowest BCUT2D eigenvalue weighted by atomic mass is 10.1. The first-order valence-electron chi connectivity index (χ1n) is 5.23. The maximum atomic E-state index is 11.1. The number of pyridine rings is 1. The fraction of sp³-hybridized carbons (Fsp3) is 0.333. The zero-order valence-corrected chi connectivity index (χ0v) is 9.56. The molecule has 0 atom stereocenters. The van der Waals surface area contributed by atoms with Gasteiger partial charge in [0.05, 0.1) is 5.69 Å². The number of carbonyl (C=O) groups is 1. The Labute approximate surface area is 93.5 Å². The first-order chi connectivity index (χ1) is 7.52. The first kappa shape index (κ1) is 10.7. The molecular weight excluding hydrogens is 204 g/mol. The Hall–Kier alpha value is -1.84. The quantitative estimate of drug-likeness (QED) is 0.842. The van der Waals surface area contributed by atoms with E-state index in [-0.39, 0.29) is 5.69 Å². The number of fused-ring (bicyclic) bond motifs is 1. The minimum absolute atomic E-state index is 0.259. The maximum Gasteiger partial charge on any atom is 0.352 e. The van der Waals surface area contributed by atoms with E-state index in [1.165, 1.54) is 0 Å². The van der Waals surface area contributed by atoms with Crippen molar-refractivity contribution in [1.29, 1.82) is 0 Å². The van der Waals surface area contributed by atoms with Crippen LogP contribution in [0.1, 0.15) is 41.6 Å². The lowest BCUT2D eigenvalue weighted by Crippen LogP contribution is -2.06. The van der Waals surface area contributed by atoms with Gasteiger partial charge in [0.15, 0.2) is 0 Å². The van der Waals surface area contributed by atoms with E-state index in [2.05, 4.69) is 18.8 Å². The normalized spacial score (nSPS) is 11.2. The molecule has 0 radical (unpaired) electrons. The first-order valence-corrected chi connectivity index (χ1v) is 5.23. The average Bonchev–Trinajstić information content (AvgIpc) is 2.56. The molecule has 1 N–H and O–H groups in total. The Morgan fingerprint density at radius 1 is 1.44 bits per heavy atom. The Bertz CT molecular complexity index is 555. The molecule has 0 bridgehead atoms. The SMILES string of the molecule is Cc1c(C(C)C)nc2cccc(C(=O)O)n12. The molecule has 0 aromatic carbocycles. The second-order valence-electron chi connectivity index (χ2n) is 4.15. The van der Waals surface area contributed by atoms with Crippen LogP contribution in [0.15, 0.2) is 18.2 Å². The minimum atomic E-state index is -0.929. The second-order valence-corrected chi connectivity index (χ2v) is 4.15. The molecule has 0 unspecified atom stereocenters. The van der Waals surface area contributed by atoms with Crippen LogP contribution in [-0.2, 0) is 0 Å². The molecule has 4 heteroatoms. The largest absolute Gasteiger partial charge is 0.477 e. The Balaban J connectivity index is 2.82. The van der Waals surface area contributed by atoms with Crippen molar-refractivity contribution < 1.29 is 9.90 Å². The van der Waals surface area contributed by atoms with Crippen LogP contribution < -0.4 is 0 Å². The molecule has 2 aromatic rings. The number of hydrogen-bond donors (Lipinski definition) is 1. The van der Waals surface area contributed by atoms with Gasteiger partial charge in [-0.3, -0.25) is 4.40 Å². The van der Waals surface area contributed by atoms with Crippen LogP contribution in [0.25, 0.3) is 5.65 Å². The molecule has 0 amide bonds. The molecule has 0 spiro atoms. The highest BCUT2D eigenvalue weighted by Crippen LogP contribution is 2.21. The molecule has 0 aliphatic carbocycles. The summed E-state index contributed by atoms with van der Waals surface area (Å²) in [4.78, 5) is 15.6. The lowest BCUT2D eigenvalue weighted by Gasteiger charge is -2.04. The second kappa shape index (κ2) is 3.63. The van der Waals surface area contributed by atoms with Crippen LogP contribution >= 0.6 is 0 Å². The van der Waals surface area contributed by atoms with Gasteiger partial charge in [-0.15, -0.1) is 0 Å². The fourth-order valence-electron chi connectivity index (χ4n) is 1.97. The van der Waals surface area contributed by atoms with Crippen molar-refractivity contribution in [1.82, 2.24) is 9.38 Å². The third-order valence-corrected chi connectivity index (χ3v) is 2.68. The fourth-order valence-corrected chi connectivity index (χ4v) is 1.97. The van der Waals surface area contributed by atoms with Crippen LogP contribution in [0.4, 0.5) is 0 Å². The number of rotatable bonds is 2. The van der Waals surface area contributed by atoms with Gasteiger partial charge in [0, 0.05) is 5.69 Å². The van der Waals surface area contributed by atoms with Gasteiger partial charge >= 0.3 is 5.97 Å². The summed E-state index contributed by atoms with van der Waals surface area (Å²) in [5.74, 6) is -0.636. The third-order valence-electron chi connectivity index (χ3n) is 2.68. The van der Waals surface area contributed by atoms with Crippen LogP contribution in [0.3, 0.4) is 0 Å². The number of aryl methyl sites for hydroxylation is 1. The van der Waals surface area contributed by atoms with E-state index in [9.17, 15) is 4.79 Å². The number of carboxylic acids is 1. The van der Waals surface area contributed by atoms with Crippen molar-refractivity contribution in [2.75, 3.05) is 0 Å². The summed E-state index contributed by atoms with van der Waals surface area (Å²) in [5, 5.41) is 9.11. The summed E-state index contributed by atoms with van der Waals surface area (Å²) >= 11 is 0.